The summed E-state index contributed by atoms with van der Waals surface area (Å²) in [6.45, 7) is 7.95. The van der Waals surface area contributed by atoms with Crippen LogP contribution in [0.2, 0.25) is 0 Å². The van der Waals surface area contributed by atoms with Crippen LogP contribution in [-0.4, -0.2) is 62.7 Å². The Bertz CT molecular complexity index is 906. The first kappa shape index (κ1) is 20.8. The molecule has 162 valence electrons. The molecule has 1 aromatic carbocycles. The Labute approximate surface area is 173 Å². The Morgan fingerprint density at radius 3 is 2.43 bits per heavy atom. The van der Waals surface area contributed by atoms with Crippen molar-refractivity contribution in [2.75, 3.05) is 26.2 Å². The van der Waals surface area contributed by atoms with Gasteiger partial charge < -0.3 is 14.4 Å². The van der Waals surface area contributed by atoms with Gasteiger partial charge in [0.2, 0.25) is 0 Å². The first-order valence-corrected chi connectivity index (χ1v) is 10.4. The lowest BCUT2D eigenvalue weighted by Crippen LogP contribution is -2.34. The van der Waals surface area contributed by atoms with E-state index in [1.54, 1.807) is 4.90 Å². The SMILES string of the molecule is CC(C)N1CCC(c2nnc3n2CCN(C(=O)c2ccc(C(F)(F)F)cc2)CC3)C1. The second-order valence-corrected chi connectivity index (χ2v) is 8.32. The van der Waals surface area contributed by atoms with Crippen LogP contribution in [0.3, 0.4) is 0 Å². The van der Waals surface area contributed by atoms with Crippen molar-refractivity contribution in [3.63, 3.8) is 0 Å². The molecule has 9 heteroatoms. The zero-order valence-electron chi connectivity index (χ0n) is 17.2. The Balaban J connectivity index is 1.45. The zero-order valence-corrected chi connectivity index (χ0v) is 17.2. The maximum Gasteiger partial charge on any atom is 0.416 e. The van der Waals surface area contributed by atoms with Gasteiger partial charge in [0.1, 0.15) is 11.6 Å². The summed E-state index contributed by atoms with van der Waals surface area (Å²) < 4.78 is 40.4. The molecule has 1 unspecified atom stereocenters. The van der Waals surface area contributed by atoms with E-state index in [1.165, 1.54) is 12.1 Å². The number of carbonyl (C=O) groups is 1. The third kappa shape index (κ3) is 4.08. The summed E-state index contributed by atoms with van der Waals surface area (Å²) in [5.74, 6) is 1.94. The highest BCUT2D eigenvalue weighted by molar-refractivity contribution is 5.94. The van der Waals surface area contributed by atoms with Gasteiger partial charge in [0.05, 0.1) is 5.56 Å². The van der Waals surface area contributed by atoms with Crippen molar-refractivity contribution >= 4 is 5.91 Å². The summed E-state index contributed by atoms with van der Waals surface area (Å²) in [6.07, 6.45) is -2.78. The molecular formula is C21H26F3N5O. The van der Waals surface area contributed by atoms with Gasteiger partial charge in [0.15, 0.2) is 0 Å². The summed E-state index contributed by atoms with van der Waals surface area (Å²) >= 11 is 0. The second-order valence-electron chi connectivity index (χ2n) is 8.32. The maximum absolute atomic E-state index is 12.8. The number of rotatable bonds is 3. The van der Waals surface area contributed by atoms with Crippen molar-refractivity contribution in [1.82, 2.24) is 24.6 Å². The molecule has 2 aliphatic rings. The van der Waals surface area contributed by atoms with Crippen molar-refractivity contribution in [2.24, 2.45) is 0 Å². The van der Waals surface area contributed by atoms with Crippen molar-refractivity contribution in [2.45, 2.75) is 51.4 Å². The normalized spacial score (nSPS) is 20.5. The van der Waals surface area contributed by atoms with Crippen molar-refractivity contribution in [1.29, 1.82) is 0 Å². The van der Waals surface area contributed by atoms with E-state index in [4.69, 9.17) is 0 Å². The van der Waals surface area contributed by atoms with E-state index in [9.17, 15) is 18.0 Å². The molecule has 0 spiro atoms. The topological polar surface area (TPSA) is 54.3 Å². The molecule has 4 rings (SSSR count). The quantitative estimate of drug-likeness (QED) is 0.764. The number of carbonyl (C=O) groups excluding carboxylic acids is 1. The molecular weight excluding hydrogens is 395 g/mol. The van der Waals surface area contributed by atoms with Crippen molar-refractivity contribution in [3.05, 3.63) is 47.0 Å². The fraction of sp³-hybridized carbons (Fsp3) is 0.571. The predicted molar refractivity (Wildman–Crippen MR) is 105 cm³/mol. The maximum atomic E-state index is 12.8. The van der Waals surface area contributed by atoms with E-state index in [0.717, 1.165) is 43.3 Å². The number of hydrogen-bond acceptors (Lipinski definition) is 4. The minimum Gasteiger partial charge on any atom is -0.336 e. The standard InChI is InChI=1S/C21H26F3N5O/c1-14(2)28-9-7-16(13-28)19-26-25-18-8-10-27(11-12-29(18)19)20(30)15-3-5-17(6-4-15)21(22,23)24/h3-6,14,16H,7-13H2,1-2H3. The van der Waals surface area contributed by atoms with Crippen molar-refractivity contribution < 1.29 is 18.0 Å². The Hall–Kier alpha value is -2.42. The predicted octanol–water partition coefficient (Wildman–Crippen LogP) is 3.19. The Kier molecular flexibility index (Phi) is 5.57. The molecule has 1 aromatic heterocycles. The van der Waals surface area contributed by atoms with Crippen LogP contribution in [-0.2, 0) is 19.1 Å². The average molecular weight is 421 g/mol. The molecule has 2 aromatic rings. The van der Waals surface area contributed by atoms with Gasteiger partial charge >= 0.3 is 6.18 Å². The van der Waals surface area contributed by atoms with Gasteiger partial charge in [0, 0.05) is 50.1 Å². The average Bonchev–Trinajstić information content (AvgIpc) is 3.29. The highest BCUT2D eigenvalue weighted by Gasteiger charge is 2.32. The molecule has 1 amide bonds. The van der Waals surface area contributed by atoms with E-state index in [1.807, 2.05) is 0 Å². The first-order chi connectivity index (χ1) is 14.2. The van der Waals surface area contributed by atoms with Gasteiger partial charge in [-0.3, -0.25) is 4.79 Å². The van der Waals surface area contributed by atoms with E-state index in [0.29, 0.717) is 38.0 Å². The summed E-state index contributed by atoms with van der Waals surface area (Å²) in [7, 11) is 0. The van der Waals surface area contributed by atoms with Crippen LogP contribution in [0.4, 0.5) is 13.2 Å². The fourth-order valence-corrected chi connectivity index (χ4v) is 4.30. The van der Waals surface area contributed by atoms with Gasteiger partial charge in [-0.2, -0.15) is 13.2 Å². The summed E-state index contributed by atoms with van der Waals surface area (Å²) in [4.78, 5) is 17.0. The van der Waals surface area contributed by atoms with Crippen LogP contribution in [0, 0.1) is 0 Å². The summed E-state index contributed by atoms with van der Waals surface area (Å²) in [5.41, 5.74) is -0.484. The second kappa shape index (κ2) is 8.02. The number of likely N-dealkylation sites (tertiary alicyclic amines) is 1. The molecule has 0 N–H and O–H groups in total. The molecule has 0 aliphatic carbocycles. The lowest BCUT2D eigenvalue weighted by atomic mass is 10.1. The Morgan fingerprint density at radius 2 is 1.80 bits per heavy atom. The van der Waals surface area contributed by atoms with E-state index < -0.39 is 11.7 Å². The van der Waals surface area contributed by atoms with Crippen LogP contribution in [0.25, 0.3) is 0 Å². The summed E-state index contributed by atoms with van der Waals surface area (Å²) in [6, 6.07) is 4.91. The lowest BCUT2D eigenvalue weighted by molar-refractivity contribution is -0.137. The third-order valence-corrected chi connectivity index (χ3v) is 6.12. The minimum absolute atomic E-state index is 0.254. The number of amides is 1. The lowest BCUT2D eigenvalue weighted by Gasteiger charge is -2.21. The molecule has 6 nitrogen and oxygen atoms in total. The van der Waals surface area contributed by atoms with E-state index in [-0.39, 0.29) is 11.5 Å². The third-order valence-electron chi connectivity index (χ3n) is 6.12. The molecule has 0 saturated carbocycles. The van der Waals surface area contributed by atoms with E-state index >= 15 is 0 Å². The van der Waals surface area contributed by atoms with Crippen LogP contribution in [0.15, 0.2) is 24.3 Å². The zero-order chi connectivity index (χ0) is 21.5. The molecule has 30 heavy (non-hydrogen) atoms. The molecule has 3 heterocycles. The van der Waals surface area contributed by atoms with Crippen LogP contribution in [0.5, 0.6) is 0 Å². The van der Waals surface area contributed by atoms with Crippen LogP contribution >= 0.6 is 0 Å². The van der Waals surface area contributed by atoms with Gasteiger partial charge in [0.25, 0.3) is 5.91 Å². The van der Waals surface area contributed by atoms with Gasteiger partial charge in [-0.25, -0.2) is 0 Å². The highest BCUT2D eigenvalue weighted by atomic mass is 19.4. The van der Waals surface area contributed by atoms with Gasteiger partial charge in [-0.1, -0.05) is 0 Å². The number of halogens is 3. The fourth-order valence-electron chi connectivity index (χ4n) is 4.30. The Morgan fingerprint density at radius 1 is 1.07 bits per heavy atom. The smallest absolute Gasteiger partial charge is 0.336 e. The largest absolute Gasteiger partial charge is 0.416 e. The number of fused-ring (bicyclic) bond motifs is 1. The van der Waals surface area contributed by atoms with E-state index in [2.05, 4.69) is 33.5 Å². The van der Waals surface area contributed by atoms with Gasteiger partial charge in [-0.05, 0) is 51.1 Å². The van der Waals surface area contributed by atoms with Crippen LogP contribution in [0.1, 0.15) is 53.8 Å². The molecule has 1 saturated heterocycles. The summed E-state index contributed by atoms with van der Waals surface area (Å²) in [5, 5.41) is 8.82. The number of nitrogens with zero attached hydrogens (tertiary/aromatic N) is 5. The first-order valence-electron chi connectivity index (χ1n) is 10.4. The number of hydrogen-bond donors (Lipinski definition) is 0. The van der Waals surface area contributed by atoms with Gasteiger partial charge in [-0.15, -0.1) is 10.2 Å². The van der Waals surface area contributed by atoms with Crippen molar-refractivity contribution in [3.8, 4) is 0 Å². The monoisotopic (exact) mass is 421 g/mol. The minimum atomic E-state index is -4.41. The molecule has 1 fully saturated rings. The highest BCUT2D eigenvalue weighted by Crippen LogP contribution is 2.30. The molecule has 0 bridgehead atoms. The molecule has 1 atom stereocenters. The molecule has 2 aliphatic heterocycles. The number of aromatic nitrogens is 3. The number of alkyl halides is 3. The molecule has 0 radical (unpaired) electrons. The van der Waals surface area contributed by atoms with Crippen LogP contribution < -0.4 is 0 Å². The number of benzene rings is 1.